The lowest BCUT2D eigenvalue weighted by Crippen LogP contribution is -2.38. The first-order valence-electron chi connectivity index (χ1n) is 7.29. The predicted molar refractivity (Wildman–Crippen MR) is 84.1 cm³/mol. The molecule has 1 aliphatic rings. The summed E-state index contributed by atoms with van der Waals surface area (Å²) >= 11 is 12.3. The highest BCUT2D eigenvalue weighted by molar-refractivity contribution is 6.35. The molecule has 3 heteroatoms. The Bertz CT molecular complexity index is 415. The van der Waals surface area contributed by atoms with Crippen molar-refractivity contribution in [1.29, 1.82) is 0 Å². The lowest BCUT2D eigenvalue weighted by molar-refractivity contribution is 0.339. The van der Waals surface area contributed by atoms with Crippen LogP contribution < -0.4 is 5.32 Å². The van der Waals surface area contributed by atoms with Gasteiger partial charge < -0.3 is 5.32 Å². The van der Waals surface area contributed by atoms with E-state index in [9.17, 15) is 0 Å². The van der Waals surface area contributed by atoms with E-state index in [-0.39, 0.29) is 0 Å². The lowest BCUT2D eigenvalue weighted by Gasteiger charge is -2.26. The Labute approximate surface area is 126 Å². The van der Waals surface area contributed by atoms with Crippen molar-refractivity contribution >= 4 is 23.2 Å². The van der Waals surface area contributed by atoms with Crippen molar-refractivity contribution in [3.05, 3.63) is 33.8 Å². The molecule has 1 nitrogen and oxygen atoms in total. The number of hydrogen-bond acceptors (Lipinski definition) is 1. The zero-order valence-corrected chi connectivity index (χ0v) is 13.3. The van der Waals surface area contributed by atoms with Gasteiger partial charge in [0, 0.05) is 16.1 Å². The standard InChI is InChI=1S/C16H23Cl2N/c1-3-8-19-16(11(2)12-4-5-12)9-13-6-7-14(17)10-15(13)18/h6-7,10-12,16,19H,3-5,8-9H2,1-2H3. The van der Waals surface area contributed by atoms with Gasteiger partial charge in [0.2, 0.25) is 0 Å². The smallest absolute Gasteiger partial charge is 0.0453 e. The van der Waals surface area contributed by atoms with Gasteiger partial charge in [-0.2, -0.15) is 0 Å². The third-order valence-electron chi connectivity index (χ3n) is 4.11. The minimum atomic E-state index is 0.520. The summed E-state index contributed by atoms with van der Waals surface area (Å²) in [5.41, 5.74) is 1.20. The van der Waals surface area contributed by atoms with Crippen LogP contribution in [0, 0.1) is 11.8 Å². The van der Waals surface area contributed by atoms with Crippen LogP contribution in [0.5, 0.6) is 0 Å². The molecule has 1 aliphatic carbocycles. The number of benzene rings is 1. The second kappa shape index (κ2) is 6.97. The fourth-order valence-electron chi connectivity index (χ4n) is 2.65. The summed E-state index contributed by atoms with van der Waals surface area (Å²) in [5.74, 6) is 1.62. The summed E-state index contributed by atoms with van der Waals surface area (Å²) in [6.45, 7) is 5.66. The maximum Gasteiger partial charge on any atom is 0.0453 e. The molecule has 2 unspecified atom stereocenters. The highest BCUT2D eigenvalue weighted by atomic mass is 35.5. The van der Waals surface area contributed by atoms with Gasteiger partial charge in [-0.05, 0) is 61.8 Å². The van der Waals surface area contributed by atoms with Crippen molar-refractivity contribution in [3.8, 4) is 0 Å². The summed E-state index contributed by atoms with van der Waals surface area (Å²) < 4.78 is 0. The molecule has 19 heavy (non-hydrogen) atoms. The molecule has 1 aromatic rings. The Kier molecular flexibility index (Phi) is 5.56. The van der Waals surface area contributed by atoms with E-state index in [1.54, 1.807) is 0 Å². The van der Waals surface area contributed by atoms with Crippen LogP contribution in [-0.4, -0.2) is 12.6 Å². The van der Waals surface area contributed by atoms with E-state index in [0.717, 1.165) is 29.8 Å². The molecule has 0 bridgehead atoms. The van der Waals surface area contributed by atoms with Crippen LogP contribution in [0.3, 0.4) is 0 Å². The van der Waals surface area contributed by atoms with E-state index >= 15 is 0 Å². The van der Waals surface area contributed by atoms with Gasteiger partial charge in [0.15, 0.2) is 0 Å². The van der Waals surface area contributed by atoms with Crippen molar-refractivity contribution in [1.82, 2.24) is 5.32 Å². The first-order valence-corrected chi connectivity index (χ1v) is 8.04. The fourth-order valence-corrected chi connectivity index (χ4v) is 3.13. The van der Waals surface area contributed by atoms with Crippen molar-refractivity contribution in [3.63, 3.8) is 0 Å². The van der Waals surface area contributed by atoms with E-state index in [2.05, 4.69) is 25.2 Å². The molecule has 0 saturated heterocycles. The van der Waals surface area contributed by atoms with E-state index in [1.807, 2.05) is 12.1 Å². The number of halogens is 2. The van der Waals surface area contributed by atoms with Gasteiger partial charge in [-0.1, -0.05) is 43.1 Å². The molecule has 0 aromatic heterocycles. The second-order valence-corrected chi connectivity index (χ2v) is 6.54. The molecule has 0 radical (unpaired) electrons. The summed E-state index contributed by atoms with van der Waals surface area (Å²) in [6.07, 6.45) is 4.94. The van der Waals surface area contributed by atoms with Crippen molar-refractivity contribution in [2.45, 2.75) is 45.6 Å². The topological polar surface area (TPSA) is 12.0 Å². The van der Waals surface area contributed by atoms with E-state index < -0.39 is 0 Å². The molecule has 1 saturated carbocycles. The van der Waals surface area contributed by atoms with Gasteiger partial charge >= 0.3 is 0 Å². The Morgan fingerprint density at radius 1 is 1.32 bits per heavy atom. The van der Waals surface area contributed by atoms with Crippen LogP contribution in [0.15, 0.2) is 18.2 Å². The van der Waals surface area contributed by atoms with Gasteiger partial charge in [-0.25, -0.2) is 0 Å². The SMILES string of the molecule is CCCNC(Cc1ccc(Cl)cc1Cl)C(C)C1CC1. The summed E-state index contributed by atoms with van der Waals surface area (Å²) in [6, 6.07) is 6.36. The Balaban J connectivity index is 2.05. The molecular weight excluding hydrogens is 277 g/mol. The second-order valence-electron chi connectivity index (χ2n) is 5.70. The van der Waals surface area contributed by atoms with E-state index in [1.165, 1.54) is 24.8 Å². The highest BCUT2D eigenvalue weighted by Gasteiger charge is 2.33. The van der Waals surface area contributed by atoms with E-state index in [4.69, 9.17) is 23.2 Å². The lowest BCUT2D eigenvalue weighted by atomic mass is 9.91. The Morgan fingerprint density at radius 3 is 2.63 bits per heavy atom. The fraction of sp³-hybridized carbons (Fsp3) is 0.625. The molecular formula is C16H23Cl2N. The zero-order chi connectivity index (χ0) is 13.8. The third-order valence-corrected chi connectivity index (χ3v) is 4.70. The van der Waals surface area contributed by atoms with E-state index in [0.29, 0.717) is 11.1 Å². The van der Waals surface area contributed by atoms with Gasteiger partial charge in [-0.15, -0.1) is 0 Å². The number of hydrogen-bond donors (Lipinski definition) is 1. The first kappa shape index (κ1) is 15.2. The summed E-state index contributed by atoms with van der Waals surface area (Å²) in [5, 5.41) is 5.19. The Hall–Kier alpha value is -0.240. The minimum Gasteiger partial charge on any atom is -0.313 e. The van der Waals surface area contributed by atoms with Gasteiger partial charge in [-0.3, -0.25) is 0 Å². The van der Waals surface area contributed by atoms with Crippen LogP contribution >= 0.6 is 23.2 Å². The molecule has 0 heterocycles. The van der Waals surface area contributed by atoms with Crippen LogP contribution in [0.25, 0.3) is 0 Å². The normalized spacial score (nSPS) is 18.3. The molecule has 1 fully saturated rings. The van der Waals surface area contributed by atoms with Gasteiger partial charge in [0.05, 0.1) is 0 Å². The average molecular weight is 300 g/mol. The first-order chi connectivity index (χ1) is 9.11. The highest BCUT2D eigenvalue weighted by Crippen LogP contribution is 2.39. The third kappa shape index (κ3) is 4.37. The molecule has 2 atom stereocenters. The zero-order valence-electron chi connectivity index (χ0n) is 11.8. The molecule has 106 valence electrons. The number of nitrogens with one attached hydrogen (secondary N) is 1. The number of rotatable bonds is 7. The molecule has 0 aliphatic heterocycles. The van der Waals surface area contributed by atoms with Crippen molar-refractivity contribution < 1.29 is 0 Å². The minimum absolute atomic E-state index is 0.520. The maximum absolute atomic E-state index is 6.30. The predicted octanol–water partition coefficient (Wildman–Crippen LogP) is 4.95. The maximum atomic E-state index is 6.30. The van der Waals surface area contributed by atoms with Crippen molar-refractivity contribution in [2.75, 3.05) is 6.54 Å². The van der Waals surface area contributed by atoms with Crippen LogP contribution in [0.4, 0.5) is 0 Å². The molecule has 1 N–H and O–H groups in total. The summed E-state index contributed by atoms with van der Waals surface area (Å²) in [4.78, 5) is 0. The van der Waals surface area contributed by atoms with Crippen LogP contribution in [-0.2, 0) is 6.42 Å². The molecule has 1 aromatic carbocycles. The molecule has 0 spiro atoms. The van der Waals surface area contributed by atoms with Gasteiger partial charge in [0.1, 0.15) is 0 Å². The van der Waals surface area contributed by atoms with Gasteiger partial charge in [0.25, 0.3) is 0 Å². The molecule has 2 rings (SSSR count). The average Bonchev–Trinajstić information content (AvgIpc) is 3.20. The quantitative estimate of drug-likeness (QED) is 0.751. The van der Waals surface area contributed by atoms with Crippen LogP contribution in [0.2, 0.25) is 10.0 Å². The Morgan fingerprint density at radius 2 is 2.05 bits per heavy atom. The molecule has 0 amide bonds. The largest absolute Gasteiger partial charge is 0.313 e. The monoisotopic (exact) mass is 299 g/mol. The summed E-state index contributed by atoms with van der Waals surface area (Å²) in [7, 11) is 0. The van der Waals surface area contributed by atoms with Crippen molar-refractivity contribution in [2.24, 2.45) is 11.8 Å². The van der Waals surface area contributed by atoms with Crippen LogP contribution in [0.1, 0.15) is 38.7 Å².